The second kappa shape index (κ2) is 7.05. The SMILES string of the molecule is NC(CCCCOc1cncc(Br)c1)=NO. The van der Waals surface area contributed by atoms with Crippen molar-refractivity contribution in [3.8, 4) is 5.75 Å². The molecule has 1 heterocycles. The Morgan fingerprint density at radius 1 is 1.50 bits per heavy atom. The van der Waals surface area contributed by atoms with Gasteiger partial charge in [0, 0.05) is 17.1 Å². The second-order valence-electron chi connectivity index (χ2n) is 3.24. The molecular weight excluding hydrogens is 274 g/mol. The zero-order valence-electron chi connectivity index (χ0n) is 8.77. The van der Waals surface area contributed by atoms with E-state index in [1.807, 2.05) is 6.07 Å². The summed E-state index contributed by atoms with van der Waals surface area (Å²) in [5.74, 6) is 0.988. The molecule has 0 amide bonds. The van der Waals surface area contributed by atoms with E-state index in [0.29, 0.717) is 13.0 Å². The summed E-state index contributed by atoms with van der Waals surface area (Å²) < 4.78 is 6.36. The van der Waals surface area contributed by atoms with E-state index in [1.54, 1.807) is 12.4 Å². The van der Waals surface area contributed by atoms with Gasteiger partial charge in [-0.05, 0) is 34.8 Å². The van der Waals surface area contributed by atoms with Crippen molar-refractivity contribution in [1.82, 2.24) is 4.98 Å². The van der Waals surface area contributed by atoms with Crippen molar-refractivity contribution in [3.63, 3.8) is 0 Å². The average molecular weight is 288 g/mol. The third kappa shape index (κ3) is 4.97. The molecule has 0 saturated heterocycles. The first-order valence-electron chi connectivity index (χ1n) is 4.92. The van der Waals surface area contributed by atoms with Gasteiger partial charge in [-0.1, -0.05) is 5.16 Å². The van der Waals surface area contributed by atoms with Crippen LogP contribution in [0.1, 0.15) is 19.3 Å². The van der Waals surface area contributed by atoms with Crippen LogP contribution in [0.3, 0.4) is 0 Å². The topological polar surface area (TPSA) is 80.7 Å². The monoisotopic (exact) mass is 287 g/mol. The molecule has 88 valence electrons. The molecule has 1 aromatic rings. The third-order valence-corrected chi connectivity index (χ3v) is 2.34. The second-order valence-corrected chi connectivity index (χ2v) is 4.15. The number of halogens is 1. The molecule has 1 aromatic heterocycles. The summed E-state index contributed by atoms with van der Waals surface area (Å²) in [7, 11) is 0. The third-order valence-electron chi connectivity index (χ3n) is 1.90. The van der Waals surface area contributed by atoms with Crippen molar-refractivity contribution in [2.75, 3.05) is 6.61 Å². The quantitative estimate of drug-likeness (QED) is 0.276. The Hall–Kier alpha value is -1.30. The fourth-order valence-electron chi connectivity index (χ4n) is 1.12. The molecule has 0 fully saturated rings. The van der Waals surface area contributed by atoms with E-state index in [-0.39, 0.29) is 5.84 Å². The Morgan fingerprint density at radius 3 is 3.00 bits per heavy atom. The van der Waals surface area contributed by atoms with Crippen LogP contribution in [0, 0.1) is 0 Å². The van der Waals surface area contributed by atoms with E-state index in [2.05, 4.69) is 26.1 Å². The minimum absolute atomic E-state index is 0.254. The van der Waals surface area contributed by atoms with Crippen molar-refractivity contribution in [2.24, 2.45) is 10.9 Å². The van der Waals surface area contributed by atoms with Gasteiger partial charge >= 0.3 is 0 Å². The Labute approximate surface area is 102 Å². The number of oxime groups is 1. The first-order valence-corrected chi connectivity index (χ1v) is 5.71. The Kier molecular flexibility index (Phi) is 5.63. The molecule has 5 nitrogen and oxygen atoms in total. The lowest BCUT2D eigenvalue weighted by molar-refractivity contribution is 0.303. The molecule has 0 aliphatic heterocycles. The minimum Gasteiger partial charge on any atom is -0.492 e. The number of unbranched alkanes of at least 4 members (excludes halogenated alkanes) is 1. The molecule has 0 aliphatic rings. The highest BCUT2D eigenvalue weighted by atomic mass is 79.9. The van der Waals surface area contributed by atoms with Crippen LogP contribution in [-0.2, 0) is 0 Å². The number of nitrogens with two attached hydrogens (primary N) is 1. The largest absolute Gasteiger partial charge is 0.492 e. The molecule has 0 radical (unpaired) electrons. The normalized spacial score (nSPS) is 11.4. The molecule has 0 bridgehead atoms. The van der Waals surface area contributed by atoms with Crippen LogP contribution >= 0.6 is 15.9 Å². The molecule has 1 rings (SSSR count). The molecule has 0 unspecified atom stereocenters. The highest BCUT2D eigenvalue weighted by Crippen LogP contribution is 2.15. The Balaban J connectivity index is 2.16. The van der Waals surface area contributed by atoms with Crippen LogP contribution in [-0.4, -0.2) is 22.6 Å². The Bertz CT molecular complexity index is 358. The van der Waals surface area contributed by atoms with E-state index < -0.39 is 0 Å². The summed E-state index contributed by atoms with van der Waals surface area (Å²) in [5, 5.41) is 11.2. The van der Waals surface area contributed by atoms with Gasteiger partial charge in [0.05, 0.1) is 12.8 Å². The van der Waals surface area contributed by atoms with Crippen LogP contribution < -0.4 is 10.5 Å². The number of nitrogens with zero attached hydrogens (tertiary/aromatic N) is 2. The highest BCUT2D eigenvalue weighted by molar-refractivity contribution is 9.10. The summed E-state index contributed by atoms with van der Waals surface area (Å²) in [6, 6.07) is 1.86. The maximum atomic E-state index is 8.32. The van der Waals surface area contributed by atoms with Gasteiger partial charge in [-0.2, -0.15) is 0 Å². The molecule has 0 atom stereocenters. The Morgan fingerprint density at radius 2 is 2.31 bits per heavy atom. The standard InChI is InChI=1S/C10H14BrN3O2/c11-8-5-9(7-13-6-8)16-4-2-1-3-10(12)14-15/h5-7,15H,1-4H2,(H2,12,14). The van der Waals surface area contributed by atoms with Crippen molar-refractivity contribution >= 4 is 21.8 Å². The van der Waals surface area contributed by atoms with Crippen LogP contribution in [0.2, 0.25) is 0 Å². The molecule has 3 N–H and O–H groups in total. The van der Waals surface area contributed by atoms with Gasteiger partial charge in [0.2, 0.25) is 0 Å². The van der Waals surface area contributed by atoms with Gasteiger partial charge in [-0.15, -0.1) is 0 Å². The summed E-state index contributed by atoms with van der Waals surface area (Å²) in [4.78, 5) is 3.98. The van der Waals surface area contributed by atoms with E-state index in [9.17, 15) is 0 Å². The van der Waals surface area contributed by atoms with Crippen LogP contribution in [0.5, 0.6) is 5.75 Å². The van der Waals surface area contributed by atoms with Crippen LogP contribution in [0.4, 0.5) is 0 Å². The van der Waals surface area contributed by atoms with E-state index >= 15 is 0 Å². The van der Waals surface area contributed by atoms with E-state index in [0.717, 1.165) is 23.1 Å². The zero-order chi connectivity index (χ0) is 11.8. The molecular formula is C10H14BrN3O2. The predicted octanol–water partition coefficient (Wildman–Crippen LogP) is 2.14. The molecule has 0 spiro atoms. The predicted molar refractivity (Wildman–Crippen MR) is 64.7 cm³/mol. The number of amidine groups is 1. The smallest absolute Gasteiger partial charge is 0.139 e. The fraction of sp³-hybridized carbons (Fsp3) is 0.400. The molecule has 0 aromatic carbocycles. The number of rotatable bonds is 6. The number of hydrogen-bond acceptors (Lipinski definition) is 4. The number of aromatic nitrogens is 1. The summed E-state index contributed by atoms with van der Waals surface area (Å²) in [6.07, 6.45) is 5.62. The number of ether oxygens (including phenoxy) is 1. The van der Waals surface area contributed by atoms with Crippen LogP contribution in [0.15, 0.2) is 28.1 Å². The summed E-state index contributed by atoms with van der Waals surface area (Å²) in [6.45, 7) is 0.594. The molecule has 16 heavy (non-hydrogen) atoms. The number of pyridine rings is 1. The van der Waals surface area contributed by atoms with Gasteiger partial charge in [0.15, 0.2) is 0 Å². The average Bonchev–Trinajstić information content (AvgIpc) is 2.28. The highest BCUT2D eigenvalue weighted by Gasteiger charge is 1.97. The first kappa shape index (κ1) is 12.8. The summed E-state index contributed by atoms with van der Waals surface area (Å²) >= 11 is 3.31. The van der Waals surface area contributed by atoms with Gasteiger partial charge in [-0.25, -0.2) is 0 Å². The van der Waals surface area contributed by atoms with Crippen molar-refractivity contribution in [1.29, 1.82) is 0 Å². The van der Waals surface area contributed by atoms with Crippen LogP contribution in [0.25, 0.3) is 0 Å². The lowest BCUT2D eigenvalue weighted by Gasteiger charge is -2.05. The molecule has 0 aliphatic carbocycles. The van der Waals surface area contributed by atoms with Crippen molar-refractivity contribution < 1.29 is 9.94 Å². The maximum Gasteiger partial charge on any atom is 0.139 e. The van der Waals surface area contributed by atoms with Gasteiger partial charge in [-0.3, -0.25) is 4.98 Å². The molecule has 0 saturated carbocycles. The maximum absolute atomic E-state index is 8.32. The number of hydrogen-bond donors (Lipinski definition) is 2. The minimum atomic E-state index is 0.254. The van der Waals surface area contributed by atoms with Crippen molar-refractivity contribution in [2.45, 2.75) is 19.3 Å². The lowest BCUT2D eigenvalue weighted by Crippen LogP contribution is -2.11. The van der Waals surface area contributed by atoms with Gasteiger partial charge < -0.3 is 15.7 Å². The van der Waals surface area contributed by atoms with E-state index in [4.69, 9.17) is 15.7 Å². The fourth-order valence-corrected chi connectivity index (χ4v) is 1.46. The van der Waals surface area contributed by atoms with Crippen molar-refractivity contribution in [3.05, 3.63) is 22.9 Å². The molecule has 6 heteroatoms. The van der Waals surface area contributed by atoms with Gasteiger partial charge in [0.1, 0.15) is 11.6 Å². The first-order chi connectivity index (χ1) is 7.72. The summed E-state index contributed by atoms with van der Waals surface area (Å²) in [5.41, 5.74) is 5.33. The zero-order valence-corrected chi connectivity index (χ0v) is 10.4. The van der Waals surface area contributed by atoms with Gasteiger partial charge in [0.25, 0.3) is 0 Å². The van der Waals surface area contributed by atoms with E-state index in [1.165, 1.54) is 0 Å². The lowest BCUT2D eigenvalue weighted by atomic mass is 10.2.